The van der Waals surface area contributed by atoms with Crippen molar-refractivity contribution in [2.24, 2.45) is 5.41 Å². The highest BCUT2D eigenvalue weighted by Crippen LogP contribution is 2.48. The van der Waals surface area contributed by atoms with Crippen molar-refractivity contribution in [3.05, 3.63) is 88.3 Å². The molecule has 0 amide bonds. The van der Waals surface area contributed by atoms with Gasteiger partial charge in [-0.15, -0.1) is 0 Å². The smallest absolute Gasteiger partial charge is 0.422 e. The molecule has 1 atom stereocenters. The third kappa shape index (κ3) is 7.13. The molecular weight excluding hydrogens is 585 g/mol. The van der Waals surface area contributed by atoms with Gasteiger partial charge in [0.15, 0.2) is 18.1 Å². The van der Waals surface area contributed by atoms with Gasteiger partial charge in [-0.05, 0) is 65.3 Å². The van der Waals surface area contributed by atoms with Gasteiger partial charge in [-0.3, -0.25) is 0 Å². The Morgan fingerprint density at radius 1 is 1.09 bits per heavy atom. The molecule has 45 heavy (non-hydrogen) atoms. The monoisotopic (exact) mass is 622 g/mol. The Kier molecular flexibility index (Phi) is 8.41. The number of ether oxygens (including phenoxy) is 1. The average molecular weight is 623 g/mol. The predicted molar refractivity (Wildman–Crippen MR) is 163 cm³/mol. The standard InChI is InChI=1S/C23H27N3O.C11H10F3NO3/c1-14-25-21(26-27-14)23(5,13-22(2,3)4)19-11-10-17-16-9-7-6-8-15(16)12-18(17)20(19)24;12-11(13,14)5-18-9-3-8(10(16)17)15-4-7(9)6-1-2-6/h6-11H,12-13,24H2,1-5H3;3-4,6H,1-2,5H2,(H,16,17)/t23-;/m0./s1. The van der Waals surface area contributed by atoms with Crippen molar-refractivity contribution >= 4 is 11.7 Å². The minimum atomic E-state index is -4.45. The Hall–Kier alpha value is -4.41. The van der Waals surface area contributed by atoms with Crippen LogP contribution in [-0.4, -0.2) is 39.0 Å². The quantitative estimate of drug-likeness (QED) is 0.176. The Morgan fingerprint density at radius 2 is 1.80 bits per heavy atom. The van der Waals surface area contributed by atoms with Gasteiger partial charge in [0.2, 0.25) is 5.89 Å². The van der Waals surface area contributed by atoms with E-state index < -0.39 is 24.2 Å². The molecule has 4 aromatic rings. The molecule has 0 spiro atoms. The first-order valence-corrected chi connectivity index (χ1v) is 14.8. The summed E-state index contributed by atoms with van der Waals surface area (Å²) in [5.74, 6) is 0.0781. The lowest BCUT2D eigenvalue weighted by Crippen LogP contribution is -2.32. The Bertz CT molecular complexity index is 1720. The molecule has 1 saturated carbocycles. The van der Waals surface area contributed by atoms with Crippen LogP contribution in [0.25, 0.3) is 11.1 Å². The lowest BCUT2D eigenvalue weighted by molar-refractivity contribution is -0.153. The van der Waals surface area contributed by atoms with Crippen LogP contribution in [0.4, 0.5) is 18.9 Å². The van der Waals surface area contributed by atoms with Crippen molar-refractivity contribution in [3.8, 4) is 16.9 Å². The van der Waals surface area contributed by atoms with Crippen molar-refractivity contribution in [2.45, 2.75) is 77.8 Å². The van der Waals surface area contributed by atoms with Gasteiger partial charge in [0.1, 0.15) is 5.75 Å². The van der Waals surface area contributed by atoms with Gasteiger partial charge >= 0.3 is 12.1 Å². The molecular formula is C34H37F3N4O4. The predicted octanol–water partition coefficient (Wildman–Crippen LogP) is 7.87. The fraction of sp³-hybridized carbons (Fsp3) is 0.412. The number of hydrogen-bond acceptors (Lipinski definition) is 7. The molecule has 1 fully saturated rings. The number of aromatic nitrogens is 3. The molecule has 2 heterocycles. The number of anilines is 1. The second-order valence-electron chi connectivity index (χ2n) is 13.2. The normalized spacial score (nSPS) is 15.4. The summed E-state index contributed by atoms with van der Waals surface area (Å²) in [4.78, 5) is 19.0. The zero-order valence-electron chi connectivity index (χ0n) is 26.0. The lowest BCUT2D eigenvalue weighted by Gasteiger charge is -2.35. The first kappa shape index (κ1) is 32.0. The van der Waals surface area contributed by atoms with Crippen LogP contribution in [0, 0.1) is 12.3 Å². The number of nitrogens with zero attached hydrogens (tertiary/aromatic N) is 3. The maximum absolute atomic E-state index is 12.1. The van der Waals surface area contributed by atoms with Gasteiger partial charge in [-0.2, -0.15) is 18.2 Å². The number of carboxylic acid groups (broad SMARTS) is 1. The molecule has 0 radical (unpaired) electrons. The highest BCUT2D eigenvalue weighted by Gasteiger charge is 2.40. The lowest BCUT2D eigenvalue weighted by atomic mass is 9.69. The molecule has 238 valence electrons. The van der Waals surface area contributed by atoms with E-state index in [1.807, 2.05) is 6.92 Å². The molecule has 0 saturated heterocycles. The van der Waals surface area contributed by atoms with E-state index in [9.17, 15) is 18.0 Å². The van der Waals surface area contributed by atoms with Crippen molar-refractivity contribution in [2.75, 3.05) is 12.3 Å². The summed E-state index contributed by atoms with van der Waals surface area (Å²) < 4.78 is 46.3. The van der Waals surface area contributed by atoms with Crippen molar-refractivity contribution in [3.63, 3.8) is 0 Å². The van der Waals surface area contributed by atoms with E-state index in [4.69, 9.17) is 15.4 Å². The van der Waals surface area contributed by atoms with E-state index in [0.717, 1.165) is 43.0 Å². The SMILES string of the molecule is Cc1nc([C@@](C)(CC(C)(C)C)c2ccc3c(c2N)Cc2ccccc2-3)no1.O=C(O)c1cc(OCC(F)(F)F)c(C2CC2)cn1. The van der Waals surface area contributed by atoms with Gasteiger partial charge in [0.25, 0.3) is 0 Å². The summed E-state index contributed by atoms with van der Waals surface area (Å²) in [5, 5.41) is 13.0. The summed E-state index contributed by atoms with van der Waals surface area (Å²) in [6, 6.07) is 14.0. The van der Waals surface area contributed by atoms with E-state index in [2.05, 4.69) is 84.0 Å². The number of pyridine rings is 1. The Morgan fingerprint density at radius 3 is 2.40 bits per heavy atom. The molecule has 8 nitrogen and oxygen atoms in total. The minimum absolute atomic E-state index is 0.0396. The van der Waals surface area contributed by atoms with Gasteiger partial charge in [0, 0.05) is 36.9 Å². The highest BCUT2D eigenvalue weighted by molar-refractivity contribution is 5.86. The Labute approximate surface area is 259 Å². The van der Waals surface area contributed by atoms with E-state index >= 15 is 0 Å². The number of carboxylic acids is 1. The van der Waals surface area contributed by atoms with Crippen molar-refractivity contribution in [1.82, 2.24) is 15.1 Å². The first-order chi connectivity index (χ1) is 21.1. The van der Waals surface area contributed by atoms with E-state index in [0.29, 0.717) is 17.3 Å². The number of alkyl halides is 3. The van der Waals surface area contributed by atoms with Crippen molar-refractivity contribution < 1.29 is 32.3 Å². The van der Waals surface area contributed by atoms with Crippen LogP contribution >= 0.6 is 0 Å². The topological polar surface area (TPSA) is 124 Å². The second-order valence-corrected chi connectivity index (χ2v) is 13.2. The number of hydrogen-bond donors (Lipinski definition) is 2. The third-order valence-electron chi connectivity index (χ3n) is 8.05. The van der Waals surface area contributed by atoms with Gasteiger partial charge in [-0.1, -0.05) is 62.3 Å². The number of aryl methyl sites for hydroxylation is 1. The molecule has 2 aromatic heterocycles. The maximum atomic E-state index is 12.1. The van der Waals surface area contributed by atoms with Crippen LogP contribution in [0.2, 0.25) is 0 Å². The number of nitrogen functional groups attached to an aromatic ring is 1. The van der Waals surface area contributed by atoms with Crippen LogP contribution in [0.1, 0.15) is 97.3 Å². The Balaban J connectivity index is 0.000000194. The van der Waals surface area contributed by atoms with Crippen molar-refractivity contribution in [1.29, 1.82) is 0 Å². The molecule has 6 rings (SSSR count). The van der Waals surface area contributed by atoms with Crippen LogP contribution in [-0.2, 0) is 11.8 Å². The second kappa shape index (κ2) is 11.8. The van der Waals surface area contributed by atoms with Gasteiger partial charge in [0.05, 0.1) is 5.41 Å². The largest absolute Gasteiger partial charge is 0.484 e. The zero-order valence-corrected chi connectivity index (χ0v) is 26.0. The highest BCUT2D eigenvalue weighted by atomic mass is 19.4. The van der Waals surface area contributed by atoms with Crippen LogP contribution in [0.3, 0.4) is 0 Å². The number of carbonyl (C=O) groups is 1. The summed E-state index contributed by atoms with van der Waals surface area (Å²) in [7, 11) is 0. The van der Waals surface area contributed by atoms with Gasteiger partial charge < -0.3 is 20.1 Å². The fourth-order valence-corrected chi connectivity index (χ4v) is 6.15. The molecule has 2 aliphatic rings. The number of aromatic carboxylic acids is 1. The summed E-state index contributed by atoms with van der Waals surface area (Å²) in [6.07, 6.45) is 0.296. The van der Waals surface area contributed by atoms with Crippen LogP contribution < -0.4 is 10.5 Å². The number of fused-ring (bicyclic) bond motifs is 3. The third-order valence-corrected chi connectivity index (χ3v) is 8.05. The first-order valence-electron chi connectivity index (χ1n) is 14.8. The number of nitrogens with two attached hydrogens (primary N) is 1. The zero-order chi connectivity index (χ0) is 32.7. The summed E-state index contributed by atoms with van der Waals surface area (Å²) in [6.45, 7) is 9.28. The van der Waals surface area contributed by atoms with E-state index in [1.54, 1.807) is 0 Å². The van der Waals surface area contributed by atoms with E-state index in [-0.39, 0.29) is 22.8 Å². The molecule has 2 aliphatic carbocycles. The maximum Gasteiger partial charge on any atom is 0.422 e. The summed E-state index contributed by atoms with van der Waals surface area (Å²) >= 11 is 0. The number of benzene rings is 2. The minimum Gasteiger partial charge on any atom is -0.484 e. The molecule has 2 aromatic carbocycles. The van der Waals surface area contributed by atoms with E-state index in [1.165, 1.54) is 28.5 Å². The van der Waals surface area contributed by atoms with Crippen LogP contribution in [0.5, 0.6) is 5.75 Å². The van der Waals surface area contributed by atoms with Gasteiger partial charge in [-0.25, -0.2) is 9.78 Å². The molecule has 0 bridgehead atoms. The molecule has 11 heteroatoms. The number of rotatable bonds is 7. The molecule has 0 unspecified atom stereocenters. The van der Waals surface area contributed by atoms with Crippen LogP contribution in [0.15, 0.2) is 53.2 Å². The molecule has 3 N–H and O–H groups in total. The average Bonchev–Trinajstić information content (AvgIpc) is 3.58. The molecule has 0 aliphatic heterocycles. The number of halogens is 3. The summed E-state index contributed by atoms with van der Waals surface area (Å²) in [5.41, 5.74) is 13.7. The fourth-order valence-electron chi connectivity index (χ4n) is 6.15.